The van der Waals surface area contributed by atoms with Crippen LogP contribution >= 0.6 is 11.8 Å². The van der Waals surface area contributed by atoms with Crippen molar-refractivity contribution in [3.63, 3.8) is 0 Å². The third-order valence-corrected chi connectivity index (χ3v) is 5.21. The summed E-state index contributed by atoms with van der Waals surface area (Å²) in [5, 5.41) is 2.57. The van der Waals surface area contributed by atoms with Crippen LogP contribution in [0.1, 0.15) is 43.0 Å². The standard InChI is InChI=1S/C21H25N3O3S/c1-16(20(22)26)23-21(27)17-10-5-6-11-18(17)28-19(25)12-4-2-7-13-24-14-8-3-9-15-24/h3,5-6,8-11,14-16H,2,4,7,12-13H2,1H3,(H2-,22,23,26,27)/p+1. The van der Waals surface area contributed by atoms with Crippen LogP contribution in [0.4, 0.5) is 0 Å². The molecular weight excluding hydrogens is 374 g/mol. The molecule has 0 aliphatic rings. The highest BCUT2D eigenvalue weighted by molar-refractivity contribution is 8.13. The zero-order valence-electron chi connectivity index (χ0n) is 16.0. The Balaban J connectivity index is 1.80. The van der Waals surface area contributed by atoms with Crippen LogP contribution in [0.2, 0.25) is 0 Å². The minimum Gasteiger partial charge on any atom is -0.368 e. The van der Waals surface area contributed by atoms with E-state index in [1.807, 2.05) is 30.6 Å². The molecule has 1 aromatic heterocycles. The smallest absolute Gasteiger partial charge is 0.253 e. The van der Waals surface area contributed by atoms with E-state index in [4.69, 9.17) is 5.73 Å². The Morgan fingerprint density at radius 1 is 1.04 bits per heavy atom. The summed E-state index contributed by atoms with van der Waals surface area (Å²) in [6, 6.07) is 12.1. The Labute approximate surface area is 169 Å². The summed E-state index contributed by atoms with van der Waals surface area (Å²) in [5.74, 6) is -1.02. The van der Waals surface area contributed by atoms with E-state index in [1.165, 1.54) is 6.92 Å². The first-order valence-corrected chi connectivity index (χ1v) is 10.1. The first-order valence-electron chi connectivity index (χ1n) is 9.31. The Kier molecular flexibility index (Phi) is 8.68. The van der Waals surface area contributed by atoms with Crippen molar-refractivity contribution in [1.29, 1.82) is 0 Å². The third-order valence-electron chi connectivity index (χ3n) is 4.20. The molecule has 1 atom stereocenters. The number of pyridine rings is 1. The number of rotatable bonds is 10. The van der Waals surface area contributed by atoms with Crippen molar-refractivity contribution < 1.29 is 19.0 Å². The van der Waals surface area contributed by atoms with Crippen molar-refractivity contribution in [2.24, 2.45) is 5.73 Å². The number of primary amides is 1. The lowest BCUT2D eigenvalue weighted by Gasteiger charge is -2.12. The molecule has 0 aliphatic heterocycles. The van der Waals surface area contributed by atoms with Gasteiger partial charge in [0, 0.05) is 29.9 Å². The fourth-order valence-electron chi connectivity index (χ4n) is 2.59. The molecule has 2 aromatic rings. The average Bonchev–Trinajstić information content (AvgIpc) is 2.68. The van der Waals surface area contributed by atoms with E-state index < -0.39 is 17.9 Å². The molecule has 0 bridgehead atoms. The average molecular weight is 401 g/mol. The normalized spacial score (nSPS) is 11.6. The van der Waals surface area contributed by atoms with Crippen LogP contribution < -0.4 is 15.6 Å². The van der Waals surface area contributed by atoms with E-state index in [1.54, 1.807) is 24.3 Å². The number of nitrogens with zero attached hydrogens (tertiary/aromatic N) is 1. The summed E-state index contributed by atoms with van der Waals surface area (Å²) in [6.45, 7) is 2.46. The number of unbranched alkanes of at least 4 members (excludes halogenated alkanes) is 2. The number of carbonyl (C=O) groups is 3. The van der Waals surface area contributed by atoms with Crippen LogP contribution in [-0.2, 0) is 16.1 Å². The lowest BCUT2D eigenvalue weighted by atomic mass is 10.2. The first kappa shape index (κ1) is 21.6. The molecule has 2 rings (SSSR count). The summed E-state index contributed by atoms with van der Waals surface area (Å²) in [4.78, 5) is 36.4. The number of aryl methyl sites for hydroxylation is 1. The second-order valence-corrected chi connectivity index (χ2v) is 7.59. The Bertz CT molecular complexity index is 812. The Hall–Kier alpha value is -2.67. The quantitative estimate of drug-likeness (QED) is 0.364. The number of nitrogens with one attached hydrogen (secondary N) is 1. The molecule has 0 aliphatic carbocycles. The summed E-state index contributed by atoms with van der Waals surface area (Å²) in [5.41, 5.74) is 5.55. The van der Waals surface area contributed by atoms with E-state index in [9.17, 15) is 14.4 Å². The number of benzene rings is 1. The third kappa shape index (κ3) is 7.15. The second kappa shape index (κ2) is 11.2. The van der Waals surface area contributed by atoms with Crippen molar-refractivity contribution in [3.05, 3.63) is 60.4 Å². The van der Waals surface area contributed by atoms with Crippen molar-refractivity contribution in [3.8, 4) is 0 Å². The monoisotopic (exact) mass is 400 g/mol. The van der Waals surface area contributed by atoms with Crippen LogP contribution in [0.25, 0.3) is 0 Å². The predicted molar refractivity (Wildman–Crippen MR) is 109 cm³/mol. The van der Waals surface area contributed by atoms with Crippen LogP contribution in [0.15, 0.2) is 59.8 Å². The molecule has 0 saturated carbocycles. The number of nitrogens with two attached hydrogens (primary N) is 1. The molecule has 0 spiro atoms. The van der Waals surface area contributed by atoms with E-state index in [-0.39, 0.29) is 5.12 Å². The van der Waals surface area contributed by atoms with Gasteiger partial charge in [-0.05, 0) is 31.9 Å². The van der Waals surface area contributed by atoms with Crippen LogP contribution in [0.5, 0.6) is 0 Å². The molecule has 1 aromatic carbocycles. The predicted octanol–water partition coefficient (Wildman–Crippen LogP) is 2.46. The molecule has 28 heavy (non-hydrogen) atoms. The number of hydrogen-bond donors (Lipinski definition) is 2. The summed E-state index contributed by atoms with van der Waals surface area (Å²) in [7, 11) is 0. The molecule has 6 nitrogen and oxygen atoms in total. The highest BCUT2D eigenvalue weighted by atomic mass is 32.2. The maximum atomic E-state index is 12.3. The van der Waals surface area contributed by atoms with Gasteiger partial charge in [0.15, 0.2) is 17.5 Å². The molecule has 148 valence electrons. The molecule has 0 fully saturated rings. The number of thioether (sulfide) groups is 1. The van der Waals surface area contributed by atoms with Crippen molar-refractivity contribution >= 4 is 28.7 Å². The Morgan fingerprint density at radius 3 is 2.46 bits per heavy atom. The summed E-state index contributed by atoms with van der Waals surface area (Å²) >= 11 is 1.07. The van der Waals surface area contributed by atoms with Gasteiger partial charge in [0.1, 0.15) is 12.6 Å². The SMILES string of the molecule is CC(NC(=O)c1ccccc1SC(=O)CCCCC[n+]1ccccc1)C(N)=O. The van der Waals surface area contributed by atoms with Crippen LogP contribution in [-0.4, -0.2) is 23.0 Å². The molecule has 2 amide bonds. The molecule has 0 radical (unpaired) electrons. The van der Waals surface area contributed by atoms with Crippen LogP contribution in [0.3, 0.4) is 0 Å². The molecule has 7 heteroatoms. The maximum Gasteiger partial charge on any atom is 0.253 e. The fourth-order valence-corrected chi connectivity index (χ4v) is 3.50. The van der Waals surface area contributed by atoms with E-state index in [2.05, 4.69) is 9.88 Å². The largest absolute Gasteiger partial charge is 0.368 e. The van der Waals surface area contributed by atoms with Gasteiger partial charge in [-0.2, -0.15) is 0 Å². The minimum absolute atomic E-state index is 0.0237. The van der Waals surface area contributed by atoms with E-state index in [0.717, 1.165) is 37.6 Å². The highest BCUT2D eigenvalue weighted by Gasteiger charge is 2.18. The number of aromatic nitrogens is 1. The minimum atomic E-state index is -0.774. The summed E-state index contributed by atoms with van der Waals surface area (Å²) < 4.78 is 2.12. The van der Waals surface area contributed by atoms with Gasteiger partial charge in [0.25, 0.3) is 5.91 Å². The number of carbonyl (C=O) groups excluding carboxylic acids is 3. The number of amides is 2. The van der Waals surface area contributed by atoms with Crippen molar-refractivity contribution in [2.45, 2.75) is 50.1 Å². The lowest BCUT2D eigenvalue weighted by Crippen LogP contribution is -2.42. The van der Waals surface area contributed by atoms with Gasteiger partial charge in [0.05, 0.1) is 5.56 Å². The topological polar surface area (TPSA) is 93.1 Å². The summed E-state index contributed by atoms with van der Waals surface area (Å²) in [6.07, 6.45) is 7.30. The van der Waals surface area contributed by atoms with Crippen LogP contribution in [0, 0.1) is 0 Å². The van der Waals surface area contributed by atoms with Crippen molar-refractivity contribution in [1.82, 2.24) is 5.32 Å². The second-order valence-electron chi connectivity index (χ2n) is 6.49. The van der Waals surface area contributed by atoms with Gasteiger partial charge >= 0.3 is 0 Å². The molecule has 1 unspecified atom stereocenters. The van der Waals surface area contributed by atoms with Gasteiger partial charge in [-0.25, -0.2) is 4.57 Å². The van der Waals surface area contributed by atoms with E-state index >= 15 is 0 Å². The Morgan fingerprint density at radius 2 is 1.75 bits per heavy atom. The zero-order chi connectivity index (χ0) is 20.4. The molecule has 0 saturated heterocycles. The lowest BCUT2D eigenvalue weighted by molar-refractivity contribution is -0.697. The molecule has 3 N–H and O–H groups in total. The van der Waals surface area contributed by atoms with Gasteiger partial charge < -0.3 is 11.1 Å². The first-order chi connectivity index (χ1) is 13.5. The van der Waals surface area contributed by atoms with Gasteiger partial charge in [-0.15, -0.1) is 0 Å². The molecule has 1 heterocycles. The van der Waals surface area contributed by atoms with Gasteiger partial charge in [-0.3, -0.25) is 14.4 Å². The van der Waals surface area contributed by atoms with Crippen molar-refractivity contribution in [2.75, 3.05) is 0 Å². The van der Waals surface area contributed by atoms with E-state index in [0.29, 0.717) is 16.9 Å². The fraction of sp³-hybridized carbons (Fsp3) is 0.333. The maximum absolute atomic E-state index is 12.3. The zero-order valence-corrected chi connectivity index (χ0v) is 16.8. The highest BCUT2D eigenvalue weighted by Crippen LogP contribution is 2.25. The van der Waals surface area contributed by atoms with Gasteiger partial charge in [-0.1, -0.05) is 30.0 Å². The number of hydrogen-bond acceptors (Lipinski definition) is 4. The van der Waals surface area contributed by atoms with Gasteiger partial charge in [0.2, 0.25) is 5.91 Å². The molecular formula is C21H26N3O3S+.